The first-order chi connectivity index (χ1) is 14.5. The van der Waals surface area contributed by atoms with Crippen LogP contribution in [0.5, 0.6) is 0 Å². The lowest BCUT2D eigenvalue weighted by atomic mass is 10.0. The van der Waals surface area contributed by atoms with Crippen LogP contribution in [0.25, 0.3) is 16.8 Å². The highest BCUT2D eigenvalue weighted by Gasteiger charge is 2.35. The Bertz CT molecular complexity index is 1160. The van der Waals surface area contributed by atoms with E-state index in [0.717, 1.165) is 51.6 Å². The van der Waals surface area contributed by atoms with Gasteiger partial charge in [-0.1, -0.05) is 42.5 Å². The van der Waals surface area contributed by atoms with Gasteiger partial charge >= 0.3 is 0 Å². The molecule has 3 aromatic rings. The topological polar surface area (TPSA) is 51.5 Å². The first kappa shape index (κ1) is 20.4. The van der Waals surface area contributed by atoms with Crippen molar-refractivity contribution in [3.8, 4) is 0 Å². The number of aromatic nitrogens is 1. The highest BCUT2D eigenvalue weighted by Crippen LogP contribution is 2.35. The Morgan fingerprint density at radius 2 is 1.83 bits per heavy atom. The molecule has 0 bridgehead atoms. The summed E-state index contributed by atoms with van der Waals surface area (Å²) in [5.41, 5.74) is 4.09. The van der Waals surface area contributed by atoms with Gasteiger partial charge in [-0.3, -0.25) is 14.5 Å². The number of rotatable bonds is 6. The fraction of sp³-hybridized carbons (Fsp3) is 0.250. The second-order valence-corrected chi connectivity index (χ2v) is 8.37. The molecule has 2 heterocycles. The largest absolute Gasteiger partial charge is 0.383 e. The molecule has 1 saturated heterocycles. The maximum absolute atomic E-state index is 13.0. The molecule has 1 fully saturated rings. The predicted octanol–water partition coefficient (Wildman–Crippen LogP) is 5.14. The van der Waals surface area contributed by atoms with E-state index in [0.29, 0.717) is 11.5 Å². The highest BCUT2D eigenvalue weighted by molar-refractivity contribution is 8.18. The fourth-order valence-electron chi connectivity index (χ4n) is 3.88. The summed E-state index contributed by atoms with van der Waals surface area (Å²) in [6.45, 7) is 5.71. The number of methoxy groups -OCH3 is 1. The molecule has 2 aromatic carbocycles. The van der Waals surface area contributed by atoms with Gasteiger partial charge in [0.15, 0.2) is 0 Å². The minimum absolute atomic E-state index is 0.229. The maximum atomic E-state index is 13.0. The minimum atomic E-state index is -0.236. The molecule has 0 atom stereocenters. The third-order valence-electron chi connectivity index (χ3n) is 5.50. The van der Waals surface area contributed by atoms with Gasteiger partial charge in [0.1, 0.15) is 0 Å². The molecule has 1 aliphatic heterocycles. The number of carbonyl (C=O) groups is 2. The molecule has 1 aromatic heterocycles. The molecule has 1 aliphatic rings. The minimum Gasteiger partial charge on any atom is -0.383 e. The number of amides is 2. The van der Waals surface area contributed by atoms with E-state index in [1.165, 1.54) is 4.90 Å². The van der Waals surface area contributed by atoms with Crippen molar-refractivity contribution in [3.05, 3.63) is 76.0 Å². The highest BCUT2D eigenvalue weighted by atomic mass is 32.2. The maximum Gasteiger partial charge on any atom is 0.293 e. The van der Waals surface area contributed by atoms with Crippen LogP contribution < -0.4 is 0 Å². The van der Waals surface area contributed by atoms with Crippen LogP contribution in [0.2, 0.25) is 0 Å². The third-order valence-corrected chi connectivity index (χ3v) is 6.41. The quantitative estimate of drug-likeness (QED) is 0.518. The van der Waals surface area contributed by atoms with Crippen LogP contribution in [-0.2, 0) is 22.6 Å². The molecule has 2 amide bonds. The fourth-order valence-corrected chi connectivity index (χ4v) is 4.71. The van der Waals surface area contributed by atoms with Crippen molar-refractivity contribution in [2.24, 2.45) is 0 Å². The lowest BCUT2D eigenvalue weighted by molar-refractivity contribution is -0.123. The molecule has 5 nitrogen and oxygen atoms in total. The van der Waals surface area contributed by atoms with Crippen molar-refractivity contribution in [3.63, 3.8) is 0 Å². The van der Waals surface area contributed by atoms with Crippen molar-refractivity contribution in [1.82, 2.24) is 9.47 Å². The van der Waals surface area contributed by atoms with Gasteiger partial charge in [-0.15, -0.1) is 0 Å². The zero-order valence-electron chi connectivity index (χ0n) is 17.3. The zero-order chi connectivity index (χ0) is 21.3. The summed E-state index contributed by atoms with van der Waals surface area (Å²) >= 11 is 1.01. The molecule has 154 valence electrons. The molecule has 4 rings (SSSR count). The van der Waals surface area contributed by atoms with E-state index < -0.39 is 0 Å². The van der Waals surface area contributed by atoms with E-state index >= 15 is 0 Å². The molecule has 0 unspecified atom stereocenters. The number of benzene rings is 2. The van der Waals surface area contributed by atoms with Gasteiger partial charge in [-0.25, -0.2) is 0 Å². The predicted molar refractivity (Wildman–Crippen MR) is 121 cm³/mol. The van der Waals surface area contributed by atoms with Crippen molar-refractivity contribution < 1.29 is 14.3 Å². The molecular weight excluding hydrogens is 396 g/mol. The first-order valence-corrected chi connectivity index (χ1v) is 10.7. The summed E-state index contributed by atoms with van der Waals surface area (Å²) in [5.74, 6) is -0.236. The van der Waals surface area contributed by atoms with E-state index in [1.807, 2.05) is 68.5 Å². The van der Waals surface area contributed by atoms with Crippen molar-refractivity contribution in [2.45, 2.75) is 26.9 Å². The Hall–Kier alpha value is -2.83. The van der Waals surface area contributed by atoms with Crippen molar-refractivity contribution in [2.75, 3.05) is 13.7 Å². The summed E-state index contributed by atoms with van der Waals surface area (Å²) in [4.78, 5) is 27.5. The standard InChI is InChI=1S/C24H24N2O3S/c1-16-13-20(17(2)25(16)11-12-29-3)14-22-23(27)26(24(28)30-22)15-19-9-6-8-18-7-4-5-10-21(18)19/h4-10,13-14H,11-12,15H2,1-3H3/b22-14-. The number of nitrogens with zero attached hydrogens (tertiary/aromatic N) is 2. The summed E-state index contributed by atoms with van der Waals surface area (Å²) in [6.07, 6.45) is 1.83. The van der Waals surface area contributed by atoms with Crippen molar-refractivity contribution in [1.29, 1.82) is 0 Å². The Morgan fingerprint density at radius 3 is 2.63 bits per heavy atom. The Kier molecular flexibility index (Phi) is 5.79. The molecule has 30 heavy (non-hydrogen) atoms. The lowest BCUT2D eigenvalue weighted by Gasteiger charge is -2.14. The van der Waals surface area contributed by atoms with Crippen molar-refractivity contribution >= 4 is 39.8 Å². The number of imide groups is 1. The van der Waals surface area contributed by atoms with Gasteiger partial charge in [-0.05, 0) is 59.7 Å². The molecule has 0 N–H and O–H groups in total. The summed E-state index contributed by atoms with van der Waals surface area (Å²) in [5, 5.41) is 1.93. The first-order valence-electron chi connectivity index (χ1n) is 9.87. The molecular formula is C24H24N2O3S. The van der Waals surface area contributed by atoms with Gasteiger partial charge in [0, 0.05) is 25.0 Å². The van der Waals surface area contributed by atoms with Crippen LogP contribution in [-0.4, -0.2) is 34.3 Å². The van der Waals surface area contributed by atoms with Crippen LogP contribution in [0.3, 0.4) is 0 Å². The normalized spacial score (nSPS) is 15.7. The van der Waals surface area contributed by atoms with Gasteiger partial charge < -0.3 is 9.30 Å². The number of hydrogen-bond acceptors (Lipinski definition) is 4. The average molecular weight is 421 g/mol. The second kappa shape index (κ2) is 8.50. The van der Waals surface area contributed by atoms with Crippen LogP contribution in [0.15, 0.2) is 53.4 Å². The van der Waals surface area contributed by atoms with E-state index in [1.54, 1.807) is 7.11 Å². The van der Waals surface area contributed by atoms with E-state index in [2.05, 4.69) is 4.57 Å². The van der Waals surface area contributed by atoms with Crippen LogP contribution in [0.4, 0.5) is 4.79 Å². The lowest BCUT2D eigenvalue weighted by Crippen LogP contribution is -2.27. The van der Waals surface area contributed by atoms with E-state index in [4.69, 9.17) is 4.74 Å². The molecule has 0 aliphatic carbocycles. The Balaban J connectivity index is 1.60. The van der Waals surface area contributed by atoms with E-state index in [-0.39, 0.29) is 17.7 Å². The van der Waals surface area contributed by atoms with E-state index in [9.17, 15) is 9.59 Å². The van der Waals surface area contributed by atoms with Gasteiger partial charge in [0.05, 0.1) is 18.1 Å². The smallest absolute Gasteiger partial charge is 0.293 e. The zero-order valence-corrected chi connectivity index (χ0v) is 18.2. The van der Waals surface area contributed by atoms with Crippen LogP contribution >= 0.6 is 11.8 Å². The number of fused-ring (bicyclic) bond motifs is 1. The molecule has 0 spiro atoms. The molecule has 6 heteroatoms. The van der Waals surface area contributed by atoms with Gasteiger partial charge in [0.25, 0.3) is 11.1 Å². The number of hydrogen-bond donors (Lipinski definition) is 0. The monoisotopic (exact) mass is 420 g/mol. The molecule has 0 radical (unpaired) electrons. The van der Waals surface area contributed by atoms with Gasteiger partial charge in [0.2, 0.25) is 0 Å². The summed E-state index contributed by atoms with van der Waals surface area (Å²) < 4.78 is 7.35. The van der Waals surface area contributed by atoms with Crippen LogP contribution in [0, 0.1) is 13.8 Å². The third kappa shape index (κ3) is 3.80. The number of aryl methyl sites for hydroxylation is 1. The average Bonchev–Trinajstić information content (AvgIpc) is 3.16. The Labute approximate surface area is 180 Å². The number of thioether (sulfide) groups is 1. The Morgan fingerprint density at radius 1 is 1.07 bits per heavy atom. The SMILES string of the molecule is COCCn1c(C)cc(/C=C2\SC(=O)N(Cc3cccc4ccccc34)C2=O)c1C. The summed E-state index contributed by atoms with van der Waals surface area (Å²) in [7, 11) is 1.68. The summed E-state index contributed by atoms with van der Waals surface area (Å²) in [6, 6.07) is 16.0. The second-order valence-electron chi connectivity index (χ2n) is 7.38. The molecule has 0 saturated carbocycles. The van der Waals surface area contributed by atoms with Crippen LogP contribution in [0.1, 0.15) is 22.5 Å². The van der Waals surface area contributed by atoms with Gasteiger partial charge in [-0.2, -0.15) is 0 Å². The number of carbonyl (C=O) groups excluding carboxylic acids is 2. The number of ether oxygens (including phenoxy) is 1.